The highest BCUT2D eigenvalue weighted by molar-refractivity contribution is 7.71. The molecule has 2 aromatic heterocycles. The van der Waals surface area contributed by atoms with Crippen molar-refractivity contribution in [3.63, 3.8) is 0 Å². The van der Waals surface area contributed by atoms with Gasteiger partial charge >= 0.3 is 0 Å². The fourth-order valence-corrected chi connectivity index (χ4v) is 2.06. The average Bonchev–Trinajstić information content (AvgIpc) is 2.79. The van der Waals surface area contributed by atoms with Crippen LogP contribution in [0.5, 0.6) is 0 Å². The zero-order valence-corrected chi connectivity index (χ0v) is 9.36. The molecule has 2 aromatic rings. The lowest BCUT2D eigenvalue weighted by Gasteiger charge is -2.01. The molecule has 14 heavy (non-hydrogen) atoms. The molecular weight excluding hydrogens is 216 g/mol. The van der Waals surface area contributed by atoms with E-state index in [4.69, 9.17) is 12.2 Å². The largest absolute Gasteiger partial charge is 0.299 e. The summed E-state index contributed by atoms with van der Waals surface area (Å²) in [5.74, 6) is 0.989. The molecule has 4 nitrogen and oxygen atoms in total. The molecule has 0 saturated carbocycles. The first-order chi connectivity index (χ1) is 6.81. The van der Waals surface area contributed by atoms with Gasteiger partial charge in [-0.3, -0.25) is 14.6 Å². The molecule has 2 rings (SSSR count). The maximum Gasteiger partial charge on any atom is 0.195 e. The van der Waals surface area contributed by atoms with Crippen LogP contribution >= 0.6 is 23.6 Å². The van der Waals surface area contributed by atoms with Crippen LogP contribution in [0.2, 0.25) is 0 Å². The minimum Gasteiger partial charge on any atom is -0.299 e. The van der Waals surface area contributed by atoms with Crippen LogP contribution in [0, 0.1) is 4.77 Å². The third kappa shape index (κ3) is 1.76. The smallest absolute Gasteiger partial charge is 0.195 e. The molecule has 0 aliphatic heterocycles. The van der Waals surface area contributed by atoms with E-state index in [0.29, 0.717) is 4.77 Å². The van der Waals surface area contributed by atoms with Gasteiger partial charge in [-0.2, -0.15) is 5.10 Å². The van der Waals surface area contributed by atoms with E-state index in [0.717, 1.165) is 18.8 Å². The van der Waals surface area contributed by atoms with Crippen LogP contribution in [0.3, 0.4) is 0 Å². The van der Waals surface area contributed by atoms with Crippen molar-refractivity contribution in [2.45, 2.75) is 19.9 Å². The number of nitrogens with zero attached hydrogens (tertiary/aromatic N) is 3. The molecule has 74 valence electrons. The molecular formula is C8H10N4S2. The van der Waals surface area contributed by atoms with Crippen molar-refractivity contribution in [3.8, 4) is 0 Å². The lowest BCUT2D eigenvalue weighted by atomic mass is 10.4. The van der Waals surface area contributed by atoms with Crippen LogP contribution in [0.25, 0.3) is 0 Å². The molecule has 0 aromatic carbocycles. The van der Waals surface area contributed by atoms with Gasteiger partial charge in [-0.25, -0.2) is 0 Å². The van der Waals surface area contributed by atoms with Crippen LogP contribution < -0.4 is 0 Å². The van der Waals surface area contributed by atoms with Gasteiger partial charge in [0, 0.05) is 17.5 Å². The number of aromatic nitrogens is 4. The van der Waals surface area contributed by atoms with Crippen LogP contribution in [-0.2, 0) is 13.0 Å². The predicted octanol–water partition coefficient (Wildman–Crippen LogP) is 2.01. The first-order valence-corrected chi connectivity index (χ1v) is 5.61. The highest BCUT2D eigenvalue weighted by Crippen LogP contribution is 2.10. The van der Waals surface area contributed by atoms with Gasteiger partial charge in [0.25, 0.3) is 0 Å². The zero-order valence-electron chi connectivity index (χ0n) is 7.73. The highest BCUT2D eigenvalue weighted by Gasteiger charge is 2.04. The summed E-state index contributed by atoms with van der Waals surface area (Å²) < 4.78 is 2.68. The van der Waals surface area contributed by atoms with Gasteiger partial charge in [0.15, 0.2) is 4.77 Å². The number of hydrogen-bond donors (Lipinski definition) is 1. The van der Waals surface area contributed by atoms with Gasteiger partial charge in [0.1, 0.15) is 5.82 Å². The first-order valence-electron chi connectivity index (χ1n) is 4.32. The van der Waals surface area contributed by atoms with Gasteiger partial charge in [-0.05, 0) is 12.2 Å². The molecule has 0 radical (unpaired) electrons. The van der Waals surface area contributed by atoms with E-state index < -0.39 is 0 Å². The van der Waals surface area contributed by atoms with Crippen LogP contribution in [0.4, 0.5) is 0 Å². The highest BCUT2D eigenvalue weighted by atomic mass is 32.1. The quantitative estimate of drug-likeness (QED) is 0.814. The topological polar surface area (TPSA) is 46.5 Å². The summed E-state index contributed by atoms with van der Waals surface area (Å²) in [5, 5.41) is 6.95. The summed E-state index contributed by atoms with van der Waals surface area (Å²) in [7, 11) is 0. The van der Waals surface area contributed by atoms with Crippen molar-refractivity contribution < 1.29 is 0 Å². The van der Waals surface area contributed by atoms with Crippen LogP contribution in [0.1, 0.15) is 17.6 Å². The molecule has 0 unspecified atom stereocenters. The van der Waals surface area contributed by atoms with Crippen molar-refractivity contribution in [3.05, 3.63) is 27.2 Å². The van der Waals surface area contributed by atoms with Gasteiger partial charge in [0.2, 0.25) is 0 Å². The van der Waals surface area contributed by atoms with Crippen LogP contribution in [0.15, 0.2) is 11.7 Å². The molecule has 0 aliphatic rings. The minimum atomic E-state index is 0.676. The molecule has 0 amide bonds. The Balaban J connectivity index is 2.32. The molecule has 0 bridgehead atoms. The second-order valence-corrected chi connectivity index (χ2v) is 4.21. The van der Waals surface area contributed by atoms with E-state index in [2.05, 4.69) is 22.1 Å². The van der Waals surface area contributed by atoms with Gasteiger partial charge in [-0.1, -0.05) is 6.92 Å². The van der Waals surface area contributed by atoms with Gasteiger partial charge in [-0.15, -0.1) is 11.3 Å². The molecule has 1 N–H and O–H groups in total. The summed E-state index contributed by atoms with van der Waals surface area (Å²) in [6.45, 7) is 2.83. The Bertz CT molecular complexity index is 454. The summed E-state index contributed by atoms with van der Waals surface area (Å²) >= 11 is 6.77. The standard InChI is InChI=1S/C8H10N4S2/c1-2-7-10-11-8(13)12(7)4-6-3-9-5-14-6/h3,5H,2,4H2,1H3,(H,11,13). The summed E-state index contributed by atoms with van der Waals surface area (Å²) in [4.78, 5) is 5.22. The van der Waals surface area contributed by atoms with Crippen molar-refractivity contribution >= 4 is 23.6 Å². The lowest BCUT2D eigenvalue weighted by molar-refractivity contribution is 0.731. The maximum absolute atomic E-state index is 5.14. The second-order valence-electron chi connectivity index (χ2n) is 2.85. The van der Waals surface area contributed by atoms with Crippen molar-refractivity contribution in [2.75, 3.05) is 0 Å². The third-order valence-corrected chi connectivity index (χ3v) is 3.03. The number of aryl methyl sites for hydroxylation is 1. The van der Waals surface area contributed by atoms with E-state index in [1.807, 2.05) is 16.3 Å². The molecule has 2 heterocycles. The molecule has 0 atom stereocenters. The molecule has 0 saturated heterocycles. The van der Waals surface area contributed by atoms with E-state index in [9.17, 15) is 0 Å². The fourth-order valence-electron chi connectivity index (χ4n) is 1.26. The number of H-pyrrole nitrogens is 1. The summed E-state index contributed by atoms with van der Waals surface area (Å²) in [6.07, 6.45) is 2.74. The Labute approximate surface area is 90.6 Å². The Morgan fingerprint density at radius 3 is 3.14 bits per heavy atom. The maximum atomic E-state index is 5.14. The normalized spacial score (nSPS) is 10.6. The lowest BCUT2D eigenvalue weighted by Crippen LogP contribution is -2.03. The van der Waals surface area contributed by atoms with E-state index in [1.165, 1.54) is 4.88 Å². The van der Waals surface area contributed by atoms with E-state index in [-0.39, 0.29) is 0 Å². The Morgan fingerprint density at radius 2 is 2.50 bits per heavy atom. The SMILES string of the molecule is CCc1n[nH]c(=S)n1Cc1cncs1. The monoisotopic (exact) mass is 226 g/mol. The minimum absolute atomic E-state index is 0.676. The van der Waals surface area contributed by atoms with Gasteiger partial charge in [0.05, 0.1) is 12.1 Å². The molecule has 6 heteroatoms. The van der Waals surface area contributed by atoms with Crippen molar-refractivity contribution in [2.24, 2.45) is 0 Å². The summed E-state index contributed by atoms with van der Waals surface area (Å²) in [5.41, 5.74) is 1.82. The average molecular weight is 226 g/mol. The molecule has 0 fully saturated rings. The Morgan fingerprint density at radius 1 is 1.64 bits per heavy atom. The Kier molecular flexibility index (Phi) is 2.74. The fraction of sp³-hybridized carbons (Fsp3) is 0.375. The van der Waals surface area contributed by atoms with E-state index in [1.54, 1.807) is 11.3 Å². The number of thiazole rings is 1. The number of nitrogens with one attached hydrogen (secondary N) is 1. The van der Waals surface area contributed by atoms with Crippen molar-refractivity contribution in [1.29, 1.82) is 0 Å². The number of aromatic amines is 1. The number of rotatable bonds is 3. The first kappa shape index (κ1) is 9.54. The number of hydrogen-bond acceptors (Lipinski definition) is 4. The van der Waals surface area contributed by atoms with Gasteiger partial charge < -0.3 is 0 Å². The third-order valence-electron chi connectivity index (χ3n) is 1.95. The zero-order chi connectivity index (χ0) is 9.97. The predicted molar refractivity (Wildman–Crippen MR) is 58.0 cm³/mol. The second kappa shape index (κ2) is 4.02. The molecule has 0 aliphatic carbocycles. The molecule has 0 spiro atoms. The van der Waals surface area contributed by atoms with Crippen LogP contribution in [-0.4, -0.2) is 19.7 Å². The van der Waals surface area contributed by atoms with E-state index >= 15 is 0 Å². The Hall–Kier alpha value is -1.01. The summed E-state index contributed by atoms with van der Waals surface area (Å²) in [6, 6.07) is 0. The van der Waals surface area contributed by atoms with Crippen molar-refractivity contribution in [1.82, 2.24) is 19.7 Å².